The molecule has 0 amide bonds. The standard InChI is InChI=1S/C22H15BBrF2N/c24-21-14-27-22(20-4-2-1-3-19(20)21)13-23(15-5-9-17(25)10-6-15)16-7-11-18(26)12-8-16/h1-12,14H,13H2. The molecule has 4 aromatic rings. The van der Waals surface area contributed by atoms with Crippen LogP contribution < -0.4 is 10.9 Å². The lowest BCUT2D eigenvalue weighted by Gasteiger charge is -2.16. The summed E-state index contributed by atoms with van der Waals surface area (Å²) in [5.41, 5.74) is 2.89. The number of halogens is 3. The number of benzene rings is 3. The summed E-state index contributed by atoms with van der Waals surface area (Å²) in [6.45, 7) is -0.0525. The molecule has 4 rings (SSSR count). The Bertz CT molecular complexity index is 1040. The molecule has 1 nitrogen and oxygen atoms in total. The molecule has 27 heavy (non-hydrogen) atoms. The number of nitrogens with zero attached hydrogens (tertiary/aromatic N) is 1. The molecule has 0 aliphatic carbocycles. The Morgan fingerprint density at radius 3 is 1.81 bits per heavy atom. The third-order valence-corrected chi connectivity index (χ3v) is 5.40. The van der Waals surface area contributed by atoms with E-state index < -0.39 is 0 Å². The van der Waals surface area contributed by atoms with Crippen molar-refractivity contribution < 1.29 is 8.78 Å². The molecule has 0 radical (unpaired) electrons. The van der Waals surface area contributed by atoms with E-state index in [1.165, 1.54) is 24.3 Å². The molecule has 0 saturated carbocycles. The Labute approximate surface area is 165 Å². The minimum Gasteiger partial charge on any atom is -0.260 e. The lowest BCUT2D eigenvalue weighted by molar-refractivity contribution is 0.628. The van der Waals surface area contributed by atoms with Crippen LogP contribution in [0.4, 0.5) is 8.78 Å². The van der Waals surface area contributed by atoms with Crippen molar-refractivity contribution in [3.05, 3.63) is 101 Å². The van der Waals surface area contributed by atoms with Crippen LogP contribution in [0.5, 0.6) is 0 Å². The molecule has 1 aromatic heterocycles. The summed E-state index contributed by atoms with van der Waals surface area (Å²) in [6, 6.07) is 21.0. The summed E-state index contributed by atoms with van der Waals surface area (Å²) in [4.78, 5) is 4.64. The maximum Gasteiger partial charge on any atom is 0.215 e. The Hall–Kier alpha value is -2.53. The second kappa shape index (κ2) is 7.61. The lowest BCUT2D eigenvalue weighted by Crippen LogP contribution is -2.44. The smallest absolute Gasteiger partial charge is 0.215 e. The van der Waals surface area contributed by atoms with Gasteiger partial charge in [-0.2, -0.15) is 0 Å². The Balaban J connectivity index is 1.81. The van der Waals surface area contributed by atoms with E-state index in [1.54, 1.807) is 24.3 Å². The molecule has 0 fully saturated rings. The molecule has 0 unspecified atom stereocenters. The van der Waals surface area contributed by atoms with Crippen LogP contribution in [-0.2, 0) is 6.32 Å². The molecule has 0 aliphatic heterocycles. The average molecular weight is 422 g/mol. The van der Waals surface area contributed by atoms with Crippen LogP contribution in [0.15, 0.2) is 83.5 Å². The van der Waals surface area contributed by atoms with Gasteiger partial charge in [-0.3, -0.25) is 4.98 Å². The predicted molar refractivity (Wildman–Crippen MR) is 111 cm³/mol. The minimum atomic E-state index is -0.274. The predicted octanol–water partition coefficient (Wildman–Crippen LogP) is 4.67. The van der Waals surface area contributed by atoms with E-state index >= 15 is 0 Å². The van der Waals surface area contributed by atoms with Crippen molar-refractivity contribution in [2.45, 2.75) is 6.32 Å². The van der Waals surface area contributed by atoms with E-state index in [1.807, 2.05) is 18.3 Å². The summed E-state index contributed by atoms with van der Waals surface area (Å²) in [5.74, 6) is -0.548. The van der Waals surface area contributed by atoms with Gasteiger partial charge in [0.05, 0.1) is 0 Å². The van der Waals surface area contributed by atoms with E-state index in [2.05, 4.69) is 33.0 Å². The van der Waals surface area contributed by atoms with Crippen molar-refractivity contribution >= 4 is 44.3 Å². The first-order valence-corrected chi connectivity index (χ1v) is 9.44. The summed E-state index contributed by atoms with van der Waals surface area (Å²) >= 11 is 3.56. The fraction of sp³-hybridized carbons (Fsp3) is 0.0455. The lowest BCUT2D eigenvalue weighted by atomic mass is 9.38. The van der Waals surface area contributed by atoms with Crippen LogP contribution in [0, 0.1) is 11.6 Å². The van der Waals surface area contributed by atoms with Gasteiger partial charge in [-0.1, -0.05) is 59.5 Å². The van der Waals surface area contributed by atoms with Crippen LogP contribution in [0.25, 0.3) is 10.8 Å². The Morgan fingerprint density at radius 1 is 0.741 bits per heavy atom. The number of hydrogen-bond donors (Lipinski definition) is 0. The van der Waals surface area contributed by atoms with E-state index in [-0.39, 0.29) is 18.3 Å². The third kappa shape index (κ3) is 3.79. The van der Waals surface area contributed by atoms with Crippen molar-refractivity contribution in [3.63, 3.8) is 0 Å². The van der Waals surface area contributed by atoms with Gasteiger partial charge in [-0.05, 0) is 51.9 Å². The van der Waals surface area contributed by atoms with Crippen LogP contribution >= 0.6 is 15.9 Å². The van der Waals surface area contributed by atoms with Crippen molar-refractivity contribution in [1.82, 2.24) is 4.98 Å². The van der Waals surface area contributed by atoms with E-state index in [0.717, 1.165) is 31.9 Å². The van der Waals surface area contributed by atoms with Crippen LogP contribution in [-0.4, -0.2) is 11.7 Å². The van der Waals surface area contributed by atoms with E-state index in [4.69, 9.17) is 0 Å². The number of hydrogen-bond acceptors (Lipinski definition) is 1. The summed E-state index contributed by atoms with van der Waals surface area (Å²) < 4.78 is 27.8. The summed E-state index contributed by atoms with van der Waals surface area (Å²) in [5, 5.41) is 2.17. The second-order valence-corrected chi connectivity index (χ2v) is 7.31. The molecule has 0 N–H and O–H groups in total. The second-order valence-electron chi connectivity index (χ2n) is 6.46. The number of fused-ring (bicyclic) bond motifs is 1. The van der Waals surface area contributed by atoms with Gasteiger partial charge in [-0.25, -0.2) is 8.78 Å². The zero-order valence-electron chi connectivity index (χ0n) is 14.4. The normalized spacial score (nSPS) is 10.9. The van der Waals surface area contributed by atoms with Gasteiger partial charge in [-0.15, -0.1) is 0 Å². The maximum atomic E-state index is 13.4. The van der Waals surface area contributed by atoms with Gasteiger partial charge in [0.25, 0.3) is 0 Å². The maximum absolute atomic E-state index is 13.4. The molecule has 0 saturated heterocycles. The topological polar surface area (TPSA) is 12.9 Å². The van der Waals surface area contributed by atoms with Gasteiger partial charge in [0, 0.05) is 21.7 Å². The van der Waals surface area contributed by atoms with Crippen LogP contribution in [0.2, 0.25) is 0 Å². The molecule has 1 heterocycles. The van der Waals surface area contributed by atoms with Crippen molar-refractivity contribution in [3.8, 4) is 0 Å². The highest BCUT2D eigenvalue weighted by Crippen LogP contribution is 2.25. The highest BCUT2D eigenvalue weighted by atomic mass is 79.9. The highest BCUT2D eigenvalue weighted by molar-refractivity contribution is 9.10. The molecular formula is C22H15BBrF2N. The highest BCUT2D eigenvalue weighted by Gasteiger charge is 2.22. The van der Waals surface area contributed by atoms with Gasteiger partial charge < -0.3 is 0 Å². The van der Waals surface area contributed by atoms with Gasteiger partial charge in [0.1, 0.15) is 11.6 Å². The Morgan fingerprint density at radius 2 is 1.26 bits per heavy atom. The van der Waals surface area contributed by atoms with E-state index in [0.29, 0.717) is 6.32 Å². The molecule has 3 aromatic carbocycles. The van der Waals surface area contributed by atoms with Gasteiger partial charge in [0.2, 0.25) is 6.71 Å². The molecule has 0 spiro atoms. The zero-order chi connectivity index (χ0) is 18.8. The van der Waals surface area contributed by atoms with Crippen LogP contribution in [0.1, 0.15) is 5.69 Å². The average Bonchev–Trinajstić information content (AvgIpc) is 2.70. The van der Waals surface area contributed by atoms with Crippen molar-refractivity contribution in [2.75, 3.05) is 0 Å². The van der Waals surface area contributed by atoms with Gasteiger partial charge >= 0.3 is 0 Å². The first-order valence-electron chi connectivity index (χ1n) is 8.65. The quantitative estimate of drug-likeness (QED) is 0.436. The van der Waals surface area contributed by atoms with Gasteiger partial charge in [0.15, 0.2) is 0 Å². The molecule has 132 valence electrons. The molecule has 5 heteroatoms. The summed E-state index contributed by atoms with van der Waals surface area (Å²) in [7, 11) is 0. The monoisotopic (exact) mass is 421 g/mol. The van der Waals surface area contributed by atoms with Crippen molar-refractivity contribution in [2.24, 2.45) is 0 Å². The first kappa shape index (κ1) is 17.9. The third-order valence-electron chi connectivity index (χ3n) is 4.77. The van der Waals surface area contributed by atoms with Crippen molar-refractivity contribution in [1.29, 1.82) is 0 Å². The first-order chi connectivity index (χ1) is 13.1. The van der Waals surface area contributed by atoms with Crippen LogP contribution in [0.3, 0.4) is 0 Å². The Kier molecular flexibility index (Phi) is 5.04. The zero-order valence-corrected chi connectivity index (χ0v) is 16.0. The molecular weight excluding hydrogens is 407 g/mol. The minimum absolute atomic E-state index is 0.0525. The molecule has 0 bridgehead atoms. The molecule has 0 atom stereocenters. The fourth-order valence-corrected chi connectivity index (χ4v) is 3.84. The number of aromatic nitrogens is 1. The SMILES string of the molecule is Fc1ccc(B(Cc2ncc(Br)c3ccccc23)c2ccc(F)cc2)cc1. The van der Waals surface area contributed by atoms with E-state index in [9.17, 15) is 8.78 Å². The number of rotatable bonds is 4. The fourth-order valence-electron chi connectivity index (χ4n) is 3.39. The molecule has 0 aliphatic rings. The summed E-state index contributed by atoms with van der Waals surface area (Å²) in [6.07, 6.45) is 2.44. The largest absolute Gasteiger partial charge is 0.260 e. The number of pyridine rings is 1.